The normalized spacial score (nSPS) is 10.7. The van der Waals surface area contributed by atoms with E-state index in [1.165, 1.54) is 0 Å². The first-order valence-electron chi connectivity index (χ1n) is 6.54. The van der Waals surface area contributed by atoms with Crippen LogP contribution >= 0.6 is 11.8 Å². The van der Waals surface area contributed by atoms with Crippen LogP contribution in [0.3, 0.4) is 0 Å². The van der Waals surface area contributed by atoms with Gasteiger partial charge >= 0.3 is 0 Å². The maximum absolute atomic E-state index is 11.7. The number of hydrogen-bond donors (Lipinski definition) is 2. The molecule has 0 bridgehead atoms. The van der Waals surface area contributed by atoms with Gasteiger partial charge in [-0.2, -0.15) is 11.8 Å². The Hall–Kier alpha value is -1.20. The van der Waals surface area contributed by atoms with Gasteiger partial charge in [0.2, 0.25) is 5.91 Å². The number of nitrogens with one attached hydrogen (secondary N) is 1. The largest absolute Gasteiger partial charge is 0.508 e. The number of anilines is 1. The van der Waals surface area contributed by atoms with E-state index < -0.39 is 0 Å². The molecule has 0 heterocycles. The molecule has 0 aliphatic rings. The van der Waals surface area contributed by atoms with Gasteiger partial charge in [0.25, 0.3) is 0 Å². The van der Waals surface area contributed by atoms with E-state index in [0.29, 0.717) is 11.4 Å². The van der Waals surface area contributed by atoms with E-state index in [1.807, 2.05) is 0 Å². The van der Waals surface area contributed by atoms with Crippen LogP contribution in [0.1, 0.15) is 13.8 Å². The van der Waals surface area contributed by atoms with E-state index in [9.17, 15) is 4.79 Å². The maximum atomic E-state index is 11.7. The molecule has 1 amide bonds. The topological polar surface area (TPSA) is 52.6 Å². The molecule has 0 aliphatic heterocycles. The summed E-state index contributed by atoms with van der Waals surface area (Å²) in [6.07, 6.45) is 0. The third-order valence-electron chi connectivity index (χ3n) is 2.83. The number of phenolic OH excluding ortho intramolecular Hbond substituents is 1. The molecule has 0 unspecified atom stereocenters. The second-order valence-corrected chi connectivity index (χ2v) is 5.28. The Morgan fingerprint density at radius 2 is 1.89 bits per heavy atom. The molecule has 0 saturated heterocycles. The number of rotatable bonds is 8. The van der Waals surface area contributed by atoms with Crippen molar-refractivity contribution in [2.24, 2.45) is 0 Å². The molecule has 0 aliphatic carbocycles. The van der Waals surface area contributed by atoms with Crippen LogP contribution in [-0.2, 0) is 4.79 Å². The SMILES string of the molecule is CCN(CC)CCSCC(=O)Nc1ccc(O)cc1. The molecule has 5 heteroatoms. The van der Waals surface area contributed by atoms with Gasteiger partial charge < -0.3 is 15.3 Å². The zero-order valence-electron chi connectivity index (χ0n) is 11.6. The van der Waals surface area contributed by atoms with Crippen molar-refractivity contribution in [1.82, 2.24) is 4.90 Å². The number of thioether (sulfide) groups is 1. The van der Waals surface area contributed by atoms with E-state index in [4.69, 9.17) is 5.11 Å². The molecule has 1 aromatic carbocycles. The predicted octanol–water partition coefficient (Wildman–Crippen LogP) is 2.41. The average Bonchev–Trinajstić information content (AvgIpc) is 2.42. The summed E-state index contributed by atoms with van der Waals surface area (Å²) < 4.78 is 0. The molecule has 0 atom stereocenters. The second kappa shape index (κ2) is 8.82. The lowest BCUT2D eigenvalue weighted by atomic mass is 10.3. The fraction of sp³-hybridized carbons (Fsp3) is 0.500. The Bertz CT molecular complexity index is 378. The molecular weight excluding hydrogens is 260 g/mol. The number of hydrogen-bond acceptors (Lipinski definition) is 4. The fourth-order valence-electron chi connectivity index (χ4n) is 1.64. The van der Waals surface area contributed by atoms with Gasteiger partial charge in [-0.25, -0.2) is 0 Å². The molecule has 106 valence electrons. The average molecular weight is 282 g/mol. The van der Waals surface area contributed by atoms with Crippen molar-refractivity contribution >= 4 is 23.4 Å². The van der Waals surface area contributed by atoms with Crippen molar-refractivity contribution in [3.05, 3.63) is 24.3 Å². The Balaban J connectivity index is 2.19. The van der Waals surface area contributed by atoms with Gasteiger partial charge in [-0.1, -0.05) is 13.8 Å². The number of amides is 1. The van der Waals surface area contributed by atoms with Gasteiger partial charge in [0.05, 0.1) is 5.75 Å². The monoisotopic (exact) mass is 282 g/mol. The summed E-state index contributed by atoms with van der Waals surface area (Å²) in [6, 6.07) is 6.49. The van der Waals surface area contributed by atoms with Crippen LogP contribution in [0.4, 0.5) is 5.69 Å². The molecular formula is C14H22N2O2S. The number of nitrogens with zero attached hydrogens (tertiary/aromatic N) is 1. The quantitative estimate of drug-likeness (QED) is 0.568. The van der Waals surface area contributed by atoms with Gasteiger partial charge in [0.15, 0.2) is 0 Å². The minimum Gasteiger partial charge on any atom is -0.508 e. The number of phenols is 1. The second-order valence-electron chi connectivity index (χ2n) is 4.17. The molecule has 19 heavy (non-hydrogen) atoms. The van der Waals surface area contributed by atoms with Crippen LogP contribution in [0.2, 0.25) is 0 Å². The van der Waals surface area contributed by atoms with E-state index >= 15 is 0 Å². The smallest absolute Gasteiger partial charge is 0.234 e. The highest BCUT2D eigenvalue weighted by molar-refractivity contribution is 7.99. The minimum atomic E-state index is -0.00441. The maximum Gasteiger partial charge on any atom is 0.234 e. The Morgan fingerprint density at radius 3 is 2.47 bits per heavy atom. The number of carbonyl (C=O) groups is 1. The zero-order valence-corrected chi connectivity index (χ0v) is 12.4. The van der Waals surface area contributed by atoms with Crippen molar-refractivity contribution < 1.29 is 9.90 Å². The lowest BCUT2D eigenvalue weighted by molar-refractivity contribution is -0.113. The van der Waals surface area contributed by atoms with Crippen LogP contribution in [0.15, 0.2) is 24.3 Å². The lowest BCUT2D eigenvalue weighted by Crippen LogP contribution is -2.26. The van der Waals surface area contributed by atoms with Crippen molar-refractivity contribution in [3.8, 4) is 5.75 Å². The first-order chi connectivity index (χ1) is 9.15. The third kappa shape index (κ3) is 6.50. The van der Waals surface area contributed by atoms with E-state index in [0.717, 1.165) is 25.4 Å². The minimum absolute atomic E-state index is 0.00441. The number of carbonyl (C=O) groups excluding carboxylic acids is 1. The molecule has 0 saturated carbocycles. The molecule has 1 aromatic rings. The summed E-state index contributed by atoms with van der Waals surface area (Å²) in [5, 5.41) is 11.9. The summed E-state index contributed by atoms with van der Waals surface area (Å²) in [6.45, 7) is 7.41. The Kier molecular flexibility index (Phi) is 7.36. The van der Waals surface area contributed by atoms with Crippen LogP contribution in [0.25, 0.3) is 0 Å². The van der Waals surface area contributed by atoms with E-state index in [1.54, 1.807) is 36.0 Å². The fourth-order valence-corrected chi connectivity index (χ4v) is 2.43. The Labute approximate surface area is 119 Å². The van der Waals surface area contributed by atoms with Crippen molar-refractivity contribution in [2.45, 2.75) is 13.8 Å². The summed E-state index contributed by atoms with van der Waals surface area (Å²) in [5.74, 6) is 1.62. The highest BCUT2D eigenvalue weighted by Crippen LogP contribution is 2.14. The molecule has 0 radical (unpaired) electrons. The molecule has 4 nitrogen and oxygen atoms in total. The first kappa shape index (κ1) is 15.9. The predicted molar refractivity (Wildman–Crippen MR) is 81.8 cm³/mol. The number of benzene rings is 1. The molecule has 0 spiro atoms. The highest BCUT2D eigenvalue weighted by Gasteiger charge is 2.04. The van der Waals surface area contributed by atoms with E-state index in [-0.39, 0.29) is 11.7 Å². The standard InChI is InChI=1S/C14H22N2O2S/c1-3-16(4-2)9-10-19-11-14(18)15-12-5-7-13(17)8-6-12/h5-8,17H,3-4,9-11H2,1-2H3,(H,15,18). The summed E-state index contributed by atoms with van der Waals surface area (Å²) in [7, 11) is 0. The van der Waals surface area contributed by atoms with Crippen molar-refractivity contribution in [3.63, 3.8) is 0 Å². The molecule has 0 aromatic heterocycles. The zero-order chi connectivity index (χ0) is 14.1. The van der Waals surface area contributed by atoms with E-state index in [2.05, 4.69) is 24.1 Å². The van der Waals surface area contributed by atoms with Gasteiger partial charge in [-0.15, -0.1) is 0 Å². The third-order valence-corrected chi connectivity index (χ3v) is 3.77. The molecule has 1 rings (SSSR count). The van der Waals surface area contributed by atoms with Gasteiger partial charge in [0, 0.05) is 18.0 Å². The first-order valence-corrected chi connectivity index (χ1v) is 7.70. The highest BCUT2D eigenvalue weighted by atomic mass is 32.2. The van der Waals surface area contributed by atoms with Crippen LogP contribution in [0.5, 0.6) is 5.75 Å². The van der Waals surface area contributed by atoms with Crippen LogP contribution in [-0.4, -0.2) is 47.1 Å². The van der Waals surface area contributed by atoms with Gasteiger partial charge in [-0.05, 0) is 37.4 Å². The van der Waals surface area contributed by atoms with Crippen molar-refractivity contribution in [2.75, 3.05) is 36.5 Å². The Morgan fingerprint density at radius 1 is 1.26 bits per heavy atom. The summed E-state index contributed by atoms with van der Waals surface area (Å²) >= 11 is 1.64. The van der Waals surface area contributed by atoms with Gasteiger partial charge in [0.1, 0.15) is 5.75 Å². The molecule has 2 N–H and O–H groups in total. The van der Waals surface area contributed by atoms with Crippen molar-refractivity contribution in [1.29, 1.82) is 0 Å². The number of aromatic hydroxyl groups is 1. The molecule has 0 fully saturated rings. The lowest BCUT2D eigenvalue weighted by Gasteiger charge is -2.17. The van der Waals surface area contributed by atoms with Gasteiger partial charge in [-0.3, -0.25) is 4.79 Å². The summed E-state index contributed by atoms with van der Waals surface area (Å²) in [5.41, 5.74) is 0.715. The van der Waals surface area contributed by atoms with Crippen LogP contribution < -0.4 is 5.32 Å². The van der Waals surface area contributed by atoms with Crippen LogP contribution in [0, 0.1) is 0 Å². The summed E-state index contributed by atoms with van der Waals surface area (Å²) in [4.78, 5) is 14.0.